The number of hydrogen-bond donors (Lipinski definition) is 1. The molecule has 0 aliphatic carbocycles. The number of aryl methyl sites for hydroxylation is 1. The summed E-state index contributed by atoms with van der Waals surface area (Å²) in [5, 5.41) is 3.17. The molecule has 0 aliphatic heterocycles. The minimum atomic E-state index is 0.518. The van der Waals surface area contributed by atoms with Gasteiger partial charge in [-0.15, -0.1) is 0 Å². The van der Waals surface area contributed by atoms with Crippen molar-refractivity contribution < 1.29 is 14.2 Å². The average Bonchev–Trinajstić information content (AvgIpc) is 2.52. The van der Waals surface area contributed by atoms with Crippen molar-refractivity contribution in [3.05, 3.63) is 35.5 Å². The molecule has 6 heteroatoms. The van der Waals surface area contributed by atoms with E-state index in [2.05, 4.69) is 15.3 Å². The van der Waals surface area contributed by atoms with Crippen molar-refractivity contribution in [3.8, 4) is 17.4 Å². The number of nitrogens with zero attached hydrogens (tertiary/aromatic N) is 2. The number of aromatic nitrogens is 2. The molecule has 6 nitrogen and oxygen atoms in total. The van der Waals surface area contributed by atoms with E-state index in [0.29, 0.717) is 18.4 Å². The summed E-state index contributed by atoms with van der Waals surface area (Å²) in [6, 6.07) is 7.45. The van der Waals surface area contributed by atoms with Crippen molar-refractivity contribution in [3.63, 3.8) is 0 Å². The van der Waals surface area contributed by atoms with E-state index in [4.69, 9.17) is 14.2 Å². The molecular formula is C15H19N3O3. The Hall–Kier alpha value is -2.50. The fraction of sp³-hybridized carbons (Fsp3) is 0.333. The van der Waals surface area contributed by atoms with Crippen molar-refractivity contribution >= 4 is 5.95 Å². The van der Waals surface area contributed by atoms with E-state index >= 15 is 0 Å². The maximum atomic E-state index is 5.36. The molecule has 0 saturated carbocycles. The van der Waals surface area contributed by atoms with Gasteiger partial charge in [0.25, 0.3) is 0 Å². The summed E-state index contributed by atoms with van der Waals surface area (Å²) in [6.45, 7) is 2.43. The second-order valence-electron chi connectivity index (χ2n) is 4.41. The summed E-state index contributed by atoms with van der Waals surface area (Å²) in [7, 11) is 4.84. The molecule has 0 aliphatic rings. The Bertz CT molecular complexity index is 617. The zero-order valence-corrected chi connectivity index (χ0v) is 12.6. The summed E-state index contributed by atoms with van der Waals surface area (Å²) in [5.74, 6) is 2.56. The van der Waals surface area contributed by atoms with Gasteiger partial charge in [-0.25, -0.2) is 4.98 Å². The molecule has 0 bridgehead atoms. The van der Waals surface area contributed by atoms with Gasteiger partial charge < -0.3 is 19.5 Å². The Morgan fingerprint density at radius 1 is 1.00 bits per heavy atom. The molecule has 0 unspecified atom stereocenters. The average molecular weight is 289 g/mol. The second-order valence-corrected chi connectivity index (χ2v) is 4.41. The smallest absolute Gasteiger partial charge is 0.226 e. The van der Waals surface area contributed by atoms with E-state index in [1.165, 1.54) is 0 Å². The molecule has 0 saturated heterocycles. The molecule has 0 spiro atoms. The highest BCUT2D eigenvalue weighted by molar-refractivity contribution is 5.43. The topological polar surface area (TPSA) is 65.5 Å². The Morgan fingerprint density at radius 3 is 2.48 bits per heavy atom. The van der Waals surface area contributed by atoms with Crippen LogP contribution in [0, 0.1) is 6.92 Å². The Labute approximate surface area is 124 Å². The quantitative estimate of drug-likeness (QED) is 0.881. The van der Waals surface area contributed by atoms with Crippen molar-refractivity contribution in [2.75, 3.05) is 26.6 Å². The molecule has 0 fully saturated rings. The van der Waals surface area contributed by atoms with Crippen LogP contribution in [0.5, 0.6) is 17.4 Å². The summed E-state index contributed by atoms with van der Waals surface area (Å²) < 4.78 is 15.7. The monoisotopic (exact) mass is 289 g/mol. The fourth-order valence-electron chi connectivity index (χ4n) is 1.90. The first-order valence-electron chi connectivity index (χ1n) is 6.50. The lowest BCUT2D eigenvalue weighted by atomic mass is 10.2. The Balaban J connectivity index is 2.14. The van der Waals surface area contributed by atoms with Gasteiger partial charge in [0.05, 0.1) is 21.3 Å². The first-order chi connectivity index (χ1) is 10.2. The molecule has 1 heterocycles. The van der Waals surface area contributed by atoms with Crippen LogP contribution in [0.2, 0.25) is 0 Å². The van der Waals surface area contributed by atoms with Crippen LogP contribution < -0.4 is 19.5 Å². The zero-order chi connectivity index (χ0) is 15.2. The Kier molecular flexibility index (Phi) is 4.81. The van der Waals surface area contributed by atoms with Crippen LogP contribution in [-0.4, -0.2) is 31.3 Å². The highest BCUT2D eigenvalue weighted by Crippen LogP contribution is 2.25. The molecule has 112 valence electrons. The number of hydrogen-bond acceptors (Lipinski definition) is 6. The molecule has 0 amide bonds. The molecule has 1 N–H and O–H groups in total. The van der Waals surface area contributed by atoms with Gasteiger partial charge in [0, 0.05) is 29.9 Å². The van der Waals surface area contributed by atoms with Gasteiger partial charge in [0.1, 0.15) is 11.5 Å². The molecule has 1 aromatic carbocycles. The van der Waals surface area contributed by atoms with E-state index in [1.807, 2.05) is 25.1 Å². The summed E-state index contributed by atoms with van der Waals surface area (Å²) in [4.78, 5) is 8.56. The van der Waals surface area contributed by atoms with Crippen LogP contribution in [0.1, 0.15) is 11.3 Å². The van der Waals surface area contributed by atoms with Gasteiger partial charge in [0.15, 0.2) is 0 Å². The van der Waals surface area contributed by atoms with Gasteiger partial charge in [-0.3, -0.25) is 0 Å². The number of methoxy groups -OCH3 is 3. The van der Waals surface area contributed by atoms with Crippen LogP contribution >= 0.6 is 0 Å². The van der Waals surface area contributed by atoms with Gasteiger partial charge >= 0.3 is 0 Å². The van der Waals surface area contributed by atoms with Gasteiger partial charge in [-0.05, 0) is 19.1 Å². The number of nitrogens with one attached hydrogen (secondary N) is 1. The number of ether oxygens (including phenoxy) is 3. The standard InChI is InChI=1S/C15H19N3O3/c1-10-7-14(21-4)18-15(17-10)16-9-11-5-6-12(19-2)8-13(11)20-3/h5-8H,9H2,1-4H3,(H,16,17,18). The van der Waals surface area contributed by atoms with E-state index < -0.39 is 0 Å². The highest BCUT2D eigenvalue weighted by atomic mass is 16.5. The van der Waals surface area contributed by atoms with Crippen molar-refractivity contribution in [1.82, 2.24) is 9.97 Å². The number of benzene rings is 1. The summed E-state index contributed by atoms with van der Waals surface area (Å²) in [6.07, 6.45) is 0. The van der Waals surface area contributed by atoms with Crippen LogP contribution in [0.4, 0.5) is 5.95 Å². The molecule has 1 aromatic heterocycles. The second kappa shape index (κ2) is 6.78. The van der Waals surface area contributed by atoms with Crippen molar-refractivity contribution in [1.29, 1.82) is 0 Å². The number of anilines is 1. The third kappa shape index (κ3) is 3.75. The molecular weight excluding hydrogens is 270 g/mol. The van der Waals surface area contributed by atoms with Gasteiger partial charge in [-0.2, -0.15) is 4.98 Å². The highest BCUT2D eigenvalue weighted by Gasteiger charge is 2.07. The lowest BCUT2D eigenvalue weighted by Gasteiger charge is -2.12. The van der Waals surface area contributed by atoms with Crippen LogP contribution in [0.15, 0.2) is 24.3 Å². The largest absolute Gasteiger partial charge is 0.497 e. The maximum Gasteiger partial charge on any atom is 0.226 e. The molecule has 0 atom stereocenters. The van der Waals surface area contributed by atoms with Crippen molar-refractivity contribution in [2.24, 2.45) is 0 Å². The minimum Gasteiger partial charge on any atom is -0.497 e. The third-order valence-corrected chi connectivity index (χ3v) is 2.97. The SMILES string of the molecule is COc1ccc(CNc2nc(C)cc(OC)n2)c(OC)c1. The normalized spacial score (nSPS) is 10.1. The van der Waals surface area contributed by atoms with Crippen LogP contribution in [0.3, 0.4) is 0 Å². The fourth-order valence-corrected chi connectivity index (χ4v) is 1.90. The van der Waals surface area contributed by atoms with E-state index in [0.717, 1.165) is 22.8 Å². The predicted octanol–water partition coefficient (Wildman–Crippen LogP) is 2.42. The summed E-state index contributed by atoms with van der Waals surface area (Å²) in [5.41, 5.74) is 1.83. The van der Waals surface area contributed by atoms with Crippen LogP contribution in [0.25, 0.3) is 0 Å². The molecule has 0 radical (unpaired) electrons. The van der Waals surface area contributed by atoms with E-state index in [1.54, 1.807) is 27.4 Å². The minimum absolute atomic E-state index is 0.518. The third-order valence-electron chi connectivity index (χ3n) is 2.97. The number of rotatable bonds is 6. The first kappa shape index (κ1) is 14.9. The van der Waals surface area contributed by atoms with Gasteiger partial charge in [-0.1, -0.05) is 0 Å². The van der Waals surface area contributed by atoms with E-state index in [9.17, 15) is 0 Å². The lowest BCUT2D eigenvalue weighted by Crippen LogP contribution is -2.06. The zero-order valence-electron chi connectivity index (χ0n) is 12.6. The van der Waals surface area contributed by atoms with E-state index in [-0.39, 0.29) is 0 Å². The summed E-state index contributed by atoms with van der Waals surface area (Å²) >= 11 is 0. The maximum absolute atomic E-state index is 5.36. The molecule has 2 rings (SSSR count). The van der Waals surface area contributed by atoms with Gasteiger partial charge in [0.2, 0.25) is 11.8 Å². The molecule has 2 aromatic rings. The van der Waals surface area contributed by atoms with Crippen molar-refractivity contribution in [2.45, 2.75) is 13.5 Å². The lowest BCUT2D eigenvalue weighted by molar-refractivity contribution is 0.391. The first-order valence-corrected chi connectivity index (χ1v) is 6.50. The molecule has 21 heavy (non-hydrogen) atoms. The predicted molar refractivity (Wildman–Crippen MR) is 80.2 cm³/mol. The Morgan fingerprint density at radius 2 is 1.81 bits per heavy atom. The van der Waals surface area contributed by atoms with Crippen LogP contribution in [-0.2, 0) is 6.54 Å².